The smallest absolute Gasteiger partial charge is 0.0644 e. The molecule has 1 aliphatic heterocycles. The summed E-state index contributed by atoms with van der Waals surface area (Å²) >= 11 is 0. The van der Waals surface area contributed by atoms with E-state index in [4.69, 9.17) is 0 Å². The zero-order chi connectivity index (χ0) is 14.6. The van der Waals surface area contributed by atoms with Gasteiger partial charge in [0.15, 0.2) is 0 Å². The highest BCUT2D eigenvalue weighted by Gasteiger charge is 2.37. The molecule has 3 heteroatoms. The molecule has 0 spiro atoms. The summed E-state index contributed by atoms with van der Waals surface area (Å²) < 4.78 is 0. The molecule has 20 heavy (non-hydrogen) atoms. The Morgan fingerprint density at radius 2 is 1.70 bits per heavy atom. The van der Waals surface area contributed by atoms with Gasteiger partial charge in [-0.15, -0.1) is 0 Å². The first-order valence-electron chi connectivity index (χ1n) is 8.56. The Labute approximate surface area is 125 Å². The minimum Gasteiger partial charge on any atom is -0.390 e. The Bertz CT molecular complexity index is 285. The molecule has 1 heterocycles. The second kappa shape index (κ2) is 6.76. The van der Waals surface area contributed by atoms with Gasteiger partial charge in [-0.2, -0.15) is 0 Å². The lowest BCUT2D eigenvalue weighted by Gasteiger charge is -2.41. The molecule has 2 rings (SSSR count). The number of likely N-dealkylation sites (tertiary alicyclic amines) is 1. The van der Waals surface area contributed by atoms with E-state index in [1.54, 1.807) is 0 Å². The predicted octanol–water partition coefficient (Wildman–Crippen LogP) is 2.64. The van der Waals surface area contributed by atoms with Crippen molar-refractivity contribution in [2.75, 3.05) is 32.7 Å². The first kappa shape index (κ1) is 16.3. The Kier molecular flexibility index (Phi) is 5.49. The van der Waals surface area contributed by atoms with Crippen molar-refractivity contribution in [1.82, 2.24) is 10.2 Å². The van der Waals surface area contributed by atoms with E-state index in [2.05, 4.69) is 24.1 Å². The van der Waals surface area contributed by atoms with Crippen molar-refractivity contribution in [2.24, 2.45) is 11.3 Å². The molecule has 1 aliphatic carbocycles. The number of hydrogen-bond acceptors (Lipinski definition) is 3. The van der Waals surface area contributed by atoms with E-state index in [-0.39, 0.29) is 0 Å². The van der Waals surface area contributed by atoms with Crippen LogP contribution in [0.15, 0.2) is 0 Å². The van der Waals surface area contributed by atoms with Crippen molar-refractivity contribution >= 4 is 0 Å². The van der Waals surface area contributed by atoms with Crippen molar-refractivity contribution in [1.29, 1.82) is 0 Å². The van der Waals surface area contributed by atoms with E-state index in [1.807, 2.05) is 6.92 Å². The Hall–Kier alpha value is -0.120. The first-order chi connectivity index (χ1) is 9.41. The second-order valence-electron chi connectivity index (χ2n) is 8.00. The Morgan fingerprint density at radius 3 is 2.25 bits per heavy atom. The van der Waals surface area contributed by atoms with Crippen molar-refractivity contribution in [3.8, 4) is 0 Å². The van der Waals surface area contributed by atoms with Crippen LogP contribution >= 0.6 is 0 Å². The molecule has 0 radical (unpaired) electrons. The molecule has 0 unspecified atom stereocenters. The zero-order valence-corrected chi connectivity index (χ0v) is 13.7. The third kappa shape index (κ3) is 4.71. The van der Waals surface area contributed by atoms with Gasteiger partial charge in [0.25, 0.3) is 0 Å². The molecule has 118 valence electrons. The number of piperidine rings is 1. The lowest BCUT2D eigenvalue weighted by Crippen LogP contribution is -2.49. The van der Waals surface area contributed by atoms with Crippen LogP contribution in [0.4, 0.5) is 0 Å². The molecule has 3 nitrogen and oxygen atoms in total. The van der Waals surface area contributed by atoms with E-state index < -0.39 is 5.60 Å². The summed E-state index contributed by atoms with van der Waals surface area (Å²) in [6.45, 7) is 12.2. The van der Waals surface area contributed by atoms with Gasteiger partial charge in [-0.3, -0.25) is 0 Å². The maximum Gasteiger partial charge on any atom is 0.0644 e. The van der Waals surface area contributed by atoms with Crippen LogP contribution in [0.25, 0.3) is 0 Å². The second-order valence-corrected chi connectivity index (χ2v) is 8.00. The van der Waals surface area contributed by atoms with E-state index in [0.29, 0.717) is 5.41 Å². The molecule has 0 atom stereocenters. The average molecular weight is 282 g/mol. The van der Waals surface area contributed by atoms with Crippen LogP contribution in [0.3, 0.4) is 0 Å². The van der Waals surface area contributed by atoms with Gasteiger partial charge in [0.05, 0.1) is 5.60 Å². The summed E-state index contributed by atoms with van der Waals surface area (Å²) in [6, 6.07) is 0. The number of aliphatic hydroxyl groups is 1. The van der Waals surface area contributed by atoms with E-state index in [1.165, 1.54) is 38.8 Å². The molecule has 2 N–H and O–H groups in total. The molecule has 0 bridgehead atoms. The van der Waals surface area contributed by atoms with Crippen molar-refractivity contribution in [2.45, 2.75) is 64.9 Å². The lowest BCUT2D eigenvalue weighted by atomic mass is 9.83. The van der Waals surface area contributed by atoms with E-state index in [0.717, 1.165) is 38.4 Å². The molecule has 0 amide bonds. The van der Waals surface area contributed by atoms with Gasteiger partial charge >= 0.3 is 0 Å². The summed E-state index contributed by atoms with van der Waals surface area (Å²) in [5.41, 5.74) is 0.0767. The molecular weight excluding hydrogens is 248 g/mol. The van der Waals surface area contributed by atoms with Crippen LogP contribution in [0.5, 0.6) is 0 Å². The van der Waals surface area contributed by atoms with Gasteiger partial charge in [-0.25, -0.2) is 0 Å². The maximum atomic E-state index is 10.1. The monoisotopic (exact) mass is 282 g/mol. The molecule has 1 saturated heterocycles. The van der Waals surface area contributed by atoms with Gasteiger partial charge in [0.1, 0.15) is 0 Å². The fourth-order valence-corrected chi connectivity index (χ4v) is 3.81. The molecule has 2 fully saturated rings. The van der Waals surface area contributed by atoms with E-state index >= 15 is 0 Å². The minimum absolute atomic E-state index is 0.421. The highest BCUT2D eigenvalue weighted by atomic mass is 16.3. The van der Waals surface area contributed by atoms with Crippen LogP contribution in [0.1, 0.15) is 59.3 Å². The summed E-state index contributed by atoms with van der Waals surface area (Å²) in [5, 5.41) is 13.8. The molecule has 1 saturated carbocycles. The van der Waals surface area contributed by atoms with Gasteiger partial charge in [-0.1, -0.05) is 26.7 Å². The highest BCUT2D eigenvalue weighted by Crippen LogP contribution is 2.39. The number of hydrogen-bond donors (Lipinski definition) is 2. The number of rotatable bonds is 6. The van der Waals surface area contributed by atoms with Gasteiger partial charge in [-0.05, 0) is 50.5 Å². The van der Waals surface area contributed by atoms with Crippen LogP contribution < -0.4 is 5.32 Å². The standard InChI is InChI=1S/C17H34N2O/c1-15(2)12-18-13-17(6-4-5-7-17)14-19-10-8-16(3,20)9-11-19/h15,18,20H,4-14H2,1-3H3. The average Bonchev–Trinajstić information content (AvgIpc) is 2.80. The summed E-state index contributed by atoms with van der Waals surface area (Å²) in [6.07, 6.45) is 7.42. The normalized spacial score (nSPS) is 26.2. The lowest BCUT2D eigenvalue weighted by molar-refractivity contribution is -0.0156. The van der Waals surface area contributed by atoms with Gasteiger partial charge in [0.2, 0.25) is 0 Å². The largest absolute Gasteiger partial charge is 0.390 e. The quantitative estimate of drug-likeness (QED) is 0.786. The minimum atomic E-state index is -0.421. The molecular formula is C17H34N2O. The van der Waals surface area contributed by atoms with Crippen molar-refractivity contribution in [3.63, 3.8) is 0 Å². The molecule has 2 aliphatic rings. The molecule has 0 aromatic carbocycles. The van der Waals surface area contributed by atoms with E-state index in [9.17, 15) is 5.11 Å². The Balaban J connectivity index is 1.83. The van der Waals surface area contributed by atoms with Crippen LogP contribution in [0.2, 0.25) is 0 Å². The van der Waals surface area contributed by atoms with Gasteiger partial charge in [0, 0.05) is 26.2 Å². The summed E-state index contributed by atoms with van der Waals surface area (Å²) in [5.74, 6) is 0.735. The molecule has 0 aromatic rings. The SMILES string of the molecule is CC(C)CNCC1(CN2CCC(C)(O)CC2)CCCC1. The summed E-state index contributed by atoms with van der Waals surface area (Å²) in [4.78, 5) is 2.60. The predicted molar refractivity (Wildman–Crippen MR) is 84.9 cm³/mol. The Morgan fingerprint density at radius 1 is 1.10 bits per heavy atom. The number of nitrogens with zero attached hydrogens (tertiary/aromatic N) is 1. The van der Waals surface area contributed by atoms with Gasteiger partial charge < -0.3 is 15.3 Å². The van der Waals surface area contributed by atoms with Crippen molar-refractivity contribution in [3.05, 3.63) is 0 Å². The topological polar surface area (TPSA) is 35.5 Å². The van der Waals surface area contributed by atoms with Crippen LogP contribution in [-0.4, -0.2) is 48.3 Å². The fraction of sp³-hybridized carbons (Fsp3) is 1.00. The van der Waals surface area contributed by atoms with Crippen molar-refractivity contribution < 1.29 is 5.11 Å². The van der Waals surface area contributed by atoms with Crippen LogP contribution in [-0.2, 0) is 0 Å². The zero-order valence-electron chi connectivity index (χ0n) is 13.7. The molecule has 0 aromatic heterocycles. The third-order valence-corrected chi connectivity index (χ3v) is 5.21. The summed E-state index contributed by atoms with van der Waals surface area (Å²) in [7, 11) is 0. The highest BCUT2D eigenvalue weighted by molar-refractivity contribution is 4.92. The maximum absolute atomic E-state index is 10.1. The number of nitrogens with one attached hydrogen (secondary N) is 1. The first-order valence-corrected chi connectivity index (χ1v) is 8.56. The fourth-order valence-electron chi connectivity index (χ4n) is 3.81. The van der Waals surface area contributed by atoms with Crippen LogP contribution in [0, 0.1) is 11.3 Å². The third-order valence-electron chi connectivity index (χ3n) is 5.21.